The minimum absolute atomic E-state index is 0.232. The van der Waals surface area contributed by atoms with Crippen molar-refractivity contribution in [1.82, 2.24) is 0 Å². The van der Waals surface area contributed by atoms with Gasteiger partial charge in [-0.15, -0.1) is 0 Å². The van der Waals surface area contributed by atoms with E-state index in [1.54, 1.807) is 6.07 Å². The van der Waals surface area contributed by atoms with Crippen LogP contribution < -0.4 is 10.5 Å². The van der Waals surface area contributed by atoms with Crippen molar-refractivity contribution >= 4 is 0 Å². The summed E-state index contributed by atoms with van der Waals surface area (Å²) >= 11 is 0. The van der Waals surface area contributed by atoms with Gasteiger partial charge in [0.2, 0.25) is 0 Å². The molecule has 1 atom stereocenters. The van der Waals surface area contributed by atoms with Crippen molar-refractivity contribution in [2.45, 2.75) is 18.9 Å². The third-order valence-electron chi connectivity index (χ3n) is 3.51. The van der Waals surface area contributed by atoms with Gasteiger partial charge in [-0.2, -0.15) is 0 Å². The number of ether oxygens (including phenoxy) is 1. The molecule has 0 bridgehead atoms. The molecule has 19 heavy (non-hydrogen) atoms. The van der Waals surface area contributed by atoms with Crippen LogP contribution in [0.4, 0.5) is 4.39 Å². The molecule has 2 nitrogen and oxygen atoms in total. The van der Waals surface area contributed by atoms with E-state index in [2.05, 4.69) is 0 Å². The van der Waals surface area contributed by atoms with Crippen LogP contribution in [0.25, 0.3) is 0 Å². The lowest BCUT2D eigenvalue weighted by atomic mass is 9.81. The Morgan fingerprint density at radius 3 is 2.32 bits per heavy atom. The van der Waals surface area contributed by atoms with E-state index in [0.717, 1.165) is 11.1 Å². The fourth-order valence-electron chi connectivity index (χ4n) is 2.25. The average molecular weight is 259 g/mol. The molecule has 0 heterocycles. The summed E-state index contributed by atoms with van der Waals surface area (Å²) < 4.78 is 18.8. The van der Waals surface area contributed by atoms with Gasteiger partial charge in [-0.25, -0.2) is 4.39 Å². The van der Waals surface area contributed by atoms with Crippen LogP contribution in [0.1, 0.15) is 24.5 Å². The number of rotatable bonds is 4. The second-order valence-corrected chi connectivity index (χ2v) is 4.54. The topological polar surface area (TPSA) is 35.2 Å². The van der Waals surface area contributed by atoms with Gasteiger partial charge in [0.15, 0.2) is 11.6 Å². The fourth-order valence-corrected chi connectivity index (χ4v) is 2.25. The van der Waals surface area contributed by atoms with Gasteiger partial charge in [-0.1, -0.05) is 43.3 Å². The van der Waals surface area contributed by atoms with Crippen LogP contribution in [0.5, 0.6) is 5.75 Å². The van der Waals surface area contributed by atoms with E-state index in [-0.39, 0.29) is 11.6 Å². The molecular weight excluding hydrogens is 241 g/mol. The smallest absolute Gasteiger partial charge is 0.165 e. The highest BCUT2D eigenvalue weighted by Gasteiger charge is 2.28. The Balaban J connectivity index is 2.50. The number of benzene rings is 2. The molecular formula is C16H18FNO. The molecule has 2 rings (SSSR count). The van der Waals surface area contributed by atoms with E-state index < -0.39 is 5.54 Å². The van der Waals surface area contributed by atoms with Crippen molar-refractivity contribution in [3.63, 3.8) is 0 Å². The Hall–Kier alpha value is -1.87. The highest BCUT2D eigenvalue weighted by molar-refractivity contribution is 5.40. The molecule has 0 spiro atoms. The summed E-state index contributed by atoms with van der Waals surface area (Å²) in [6, 6.07) is 14.6. The number of methoxy groups -OCH3 is 1. The molecule has 0 aliphatic carbocycles. The van der Waals surface area contributed by atoms with Crippen molar-refractivity contribution in [2.24, 2.45) is 5.73 Å². The average Bonchev–Trinajstić information content (AvgIpc) is 2.47. The van der Waals surface area contributed by atoms with Crippen LogP contribution in [-0.2, 0) is 5.54 Å². The largest absolute Gasteiger partial charge is 0.494 e. The molecule has 1 unspecified atom stereocenters. The lowest BCUT2D eigenvalue weighted by Gasteiger charge is -2.29. The van der Waals surface area contributed by atoms with E-state index in [1.165, 1.54) is 13.2 Å². The van der Waals surface area contributed by atoms with Crippen molar-refractivity contribution < 1.29 is 9.13 Å². The molecule has 0 aromatic heterocycles. The van der Waals surface area contributed by atoms with Crippen molar-refractivity contribution in [3.8, 4) is 5.75 Å². The Morgan fingerprint density at radius 1 is 1.11 bits per heavy atom. The predicted molar refractivity (Wildman–Crippen MR) is 74.7 cm³/mol. The monoisotopic (exact) mass is 259 g/mol. The summed E-state index contributed by atoms with van der Waals surface area (Å²) in [6.45, 7) is 2.00. The molecule has 0 amide bonds. The van der Waals surface area contributed by atoms with Crippen LogP contribution in [0, 0.1) is 5.82 Å². The zero-order valence-electron chi connectivity index (χ0n) is 11.2. The molecule has 0 aliphatic heterocycles. The van der Waals surface area contributed by atoms with Crippen molar-refractivity contribution in [1.29, 1.82) is 0 Å². The van der Waals surface area contributed by atoms with Gasteiger partial charge in [-0.05, 0) is 29.7 Å². The molecule has 0 saturated heterocycles. The summed E-state index contributed by atoms with van der Waals surface area (Å²) in [5, 5.41) is 0. The first kappa shape index (κ1) is 13.6. The molecule has 2 aromatic rings. The molecule has 3 heteroatoms. The van der Waals surface area contributed by atoms with Gasteiger partial charge >= 0.3 is 0 Å². The summed E-state index contributed by atoms with van der Waals surface area (Å²) in [4.78, 5) is 0. The molecule has 0 aliphatic rings. The highest BCUT2D eigenvalue weighted by Crippen LogP contribution is 2.32. The maximum absolute atomic E-state index is 13.9. The number of hydrogen-bond donors (Lipinski definition) is 1. The van der Waals surface area contributed by atoms with Gasteiger partial charge in [0.1, 0.15) is 0 Å². The molecule has 100 valence electrons. The van der Waals surface area contributed by atoms with Crippen LogP contribution in [0.3, 0.4) is 0 Å². The molecule has 0 saturated carbocycles. The van der Waals surface area contributed by atoms with Crippen molar-refractivity contribution in [3.05, 3.63) is 65.5 Å². The zero-order valence-corrected chi connectivity index (χ0v) is 11.2. The van der Waals surface area contributed by atoms with Gasteiger partial charge in [0.05, 0.1) is 12.6 Å². The quantitative estimate of drug-likeness (QED) is 0.912. The van der Waals surface area contributed by atoms with Gasteiger partial charge in [0, 0.05) is 0 Å². The minimum atomic E-state index is -0.686. The highest BCUT2D eigenvalue weighted by atomic mass is 19.1. The summed E-state index contributed by atoms with van der Waals surface area (Å²) in [7, 11) is 1.45. The minimum Gasteiger partial charge on any atom is -0.494 e. The number of hydrogen-bond acceptors (Lipinski definition) is 2. The maximum atomic E-state index is 13.9. The maximum Gasteiger partial charge on any atom is 0.165 e. The van der Waals surface area contributed by atoms with Crippen LogP contribution in [0.15, 0.2) is 48.5 Å². The van der Waals surface area contributed by atoms with Crippen LogP contribution in [0.2, 0.25) is 0 Å². The van der Waals surface area contributed by atoms with Gasteiger partial charge in [-0.3, -0.25) is 0 Å². The SMILES string of the molecule is CCC(N)(c1ccccc1)c1ccc(OC)c(F)c1. The molecule has 0 fully saturated rings. The molecule has 2 aromatic carbocycles. The Morgan fingerprint density at radius 2 is 1.79 bits per heavy atom. The van der Waals surface area contributed by atoms with E-state index in [9.17, 15) is 4.39 Å². The second-order valence-electron chi connectivity index (χ2n) is 4.54. The Kier molecular flexibility index (Phi) is 3.86. The zero-order chi connectivity index (χ0) is 13.9. The second kappa shape index (κ2) is 5.41. The number of nitrogens with two attached hydrogens (primary N) is 1. The molecule has 0 radical (unpaired) electrons. The van der Waals surface area contributed by atoms with E-state index in [0.29, 0.717) is 6.42 Å². The van der Waals surface area contributed by atoms with E-state index in [4.69, 9.17) is 10.5 Å². The van der Waals surface area contributed by atoms with Gasteiger partial charge < -0.3 is 10.5 Å². The fraction of sp³-hybridized carbons (Fsp3) is 0.250. The standard InChI is InChI=1S/C16H18FNO/c1-3-16(18,12-7-5-4-6-8-12)13-9-10-15(19-2)14(17)11-13/h4-11H,3,18H2,1-2H3. The van der Waals surface area contributed by atoms with Crippen molar-refractivity contribution in [2.75, 3.05) is 7.11 Å². The lowest BCUT2D eigenvalue weighted by Crippen LogP contribution is -2.37. The Labute approximate surface area is 113 Å². The first-order chi connectivity index (χ1) is 9.11. The normalized spacial score (nSPS) is 13.9. The first-order valence-corrected chi connectivity index (χ1v) is 6.30. The van der Waals surface area contributed by atoms with E-state index >= 15 is 0 Å². The summed E-state index contributed by atoms with van der Waals surface area (Å²) in [6.07, 6.45) is 0.683. The summed E-state index contributed by atoms with van der Waals surface area (Å²) in [5.74, 6) is -0.158. The third kappa shape index (κ3) is 2.47. The van der Waals surface area contributed by atoms with E-state index in [1.807, 2.05) is 43.3 Å². The summed E-state index contributed by atoms with van der Waals surface area (Å²) in [5.41, 5.74) is 7.53. The van der Waals surface area contributed by atoms with Gasteiger partial charge in [0.25, 0.3) is 0 Å². The third-order valence-corrected chi connectivity index (χ3v) is 3.51. The molecule has 2 N–H and O–H groups in total. The first-order valence-electron chi connectivity index (χ1n) is 6.30. The number of halogens is 1. The lowest BCUT2D eigenvalue weighted by molar-refractivity contribution is 0.384. The van der Waals surface area contributed by atoms with Crippen LogP contribution >= 0.6 is 0 Å². The van der Waals surface area contributed by atoms with Crippen LogP contribution in [-0.4, -0.2) is 7.11 Å². The predicted octanol–water partition coefficient (Wildman–Crippen LogP) is 3.45. The Bertz CT molecular complexity index is 556.